The van der Waals surface area contributed by atoms with Crippen molar-refractivity contribution in [1.82, 2.24) is 34.7 Å². The van der Waals surface area contributed by atoms with Crippen LogP contribution >= 0.6 is 12.2 Å². The number of hydrogen-bond acceptors (Lipinski definition) is 5. The van der Waals surface area contributed by atoms with Gasteiger partial charge in [-0.25, -0.2) is 0 Å². The topological polar surface area (TPSA) is 92.9 Å². The number of amides is 1. The summed E-state index contributed by atoms with van der Waals surface area (Å²) in [6.07, 6.45) is 1.86. The van der Waals surface area contributed by atoms with Crippen LogP contribution in [-0.4, -0.2) is 35.3 Å². The van der Waals surface area contributed by atoms with Gasteiger partial charge in [0.1, 0.15) is 6.54 Å². The molecule has 0 aliphatic carbocycles. The van der Waals surface area contributed by atoms with Crippen molar-refractivity contribution in [3.63, 3.8) is 0 Å². The van der Waals surface area contributed by atoms with Crippen LogP contribution in [0.3, 0.4) is 0 Å². The molecule has 8 nitrogen and oxygen atoms in total. The average Bonchev–Trinajstić information content (AvgIpc) is 3.25. The molecule has 1 aromatic carbocycles. The largest absolute Gasteiger partial charge is 0.347 e. The second kappa shape index (κ2) is 7.12. The molecule has 2 N–H and O–H groups in total. The van der Waals surface area contributed by atoms with Crippen LogP contribution in [0.1, 0.15) is 11.4 Å². The molecule has 136 valence electrons. The zero-order valence-electron chi connectivity index (χ0n) is 14.6. The highest BCUT2D eigenvalue weighted by atomic mass is 32.1. The third kappa shape index (κ3) is 3.49. The summed E-state index contributed by atoms with van der Waals surface area (Å²) in [6, 6.07) is 13.5. The van der Waals surface area contributed by atoms with E-state index in [2.05, 4.69) is 25.7 Å². The van der Waals surface area contributed by atoms with E-state index in [1.54, 1.807) is 4.57 Å². The number of nitrogens with zero attached hydrogens (tertiary/aromatic N) is 5. The zero-order chi connectivity index (χ0) is 18.8. The Morgan fingerprint density at radius 2 is 2.00 bits per heavy atom. The summed E-state index contributed by atoms with van der Waals surface area (Å²) in [6.45, 7) is 2.35. The fraction of sp³-hybridized carbons (Fsp3) is 0.167. The highest BCUT2D eigenvalue weighted by molar-refractivity contribution is 7.71. The zero-order valence-corrected chi connectivity index (χ0v) is 15.4. The van der Waals surface area contributed by atoms with Crippen molar-refractivity contribution in [3.8, 4) is 11.4 Å². The van der Waals surface area contributed by atoms with Crippen molar-refractivity contribution in [3.05, 3.63) is 64.8 Å². The maximum atomic E-state index is 12.5. The predicted molar refractivity (Wildman–Crippen MR) is 102 cm³/mol. The van der Waals surface area contributed by atoms with Crippen LogP contribution in [0, 0.1) is 11.7 Å². The Morgan fingerprint density at radius 1 is 1.19 bits per heavy atom. The molecule has 3 aromatic heterocycles. The van der Waals surface area contributed by atoms with Crippen molar-refractivity contribution in [2.75, 3.05) is 0 Å². The maximum absolute atomic E-state index is 12.5. The number of carbonyl (C=O) groups is 1. The van der Waals surface area contributed by atoms with Crippen molar-refractivity contribution in [1.29, 1.82) is 0 Å². The summed E-state index contributed by atoms with van der Waals surface area (Å²) >= 11 is 5.28. The van der Waals surface area contributed by atoms with Crippen molar-refractivity contribution in [2.24, 2.45) is 0 Å². The number of aromatic amines is 1. The third-order valence-corrected chi connectivity index (χ3v) is 4.51. The number of carbonyl (C=O) groups excluding carboxylic acids is 1. The lowest BCUT2D eigenvalue weighted by atomic mass is 10.1. The summed E-state index contributed by atoms with van der Waals surface area (Å²) in [7, 11) is 0. The number of aryl methyl sites for hydroxylation is 1. The number of nitrogens with one attached hydrogen (secondary N) is 2. The highest BCUT2D eigenvalue weighted by Gasteiger charge is 2.13. The Hall–Kier alpha value is -3.33. The molecule has 0 spiro atoms. The number of aromatic nitrogens is 6. The van der Waals surface area contributed by atoms with E-state index in [1.165, 1.54) is 0 Å². The van der Waals surface area contributed by atoms with Gasteiger partial charge in [-0.05, 0) is 31.3 Å². The smallest absolute Gasteiger partial charge is 0.240 e. The normalized spacial score (nSPS) is 11.0. The lowest BCUT2D eigenvalue weighted by molar-refractivity contribution is -0.121. The predicted octanol–water partition coefficient (Wildman–Crippen LogP) is 2.28. The Labute approximate surface area is 159 Å². The Morgan fingerprint density at radius 3 is 2.81 bits per heavy atom. The summed E-state index contributed by atoms with van der Waals surface area (Å²) < 4.78 is 3.91. The molecule has 4 rings (SSSR count). The van der Waals surface area contributed by atoms with Crippen LogP contribution in [-0.2, 0) is 17.9 Å². The van der Waals surface area contributed by atoms with Crippen LogP contribution in [0.4, 0.5) is 0 Å². The third-order valence-electron chi connectivity index (χ3n) is 4.20. The molecule has 9 heteroatoms. The van der Waals surface area contributed by atoms with Crippen molar-refractivity contribution >= 4 is 23.8 Å². The van der Waals surface area contributed by atoms with Crippen LogP contribution in [0.5, 0.6) is 0 Å². The van der Waals surface area contributed by atoms with Crippen LogP contribution < -0.4 is 5.32 Å². The van der Waals surface area contributed by atoms with Gasteiger partial charge in [-0.2, -0.15) is 5.10 Å². The highest BCUT2D eigenvalue weighted by Crippen LogP contribution is 2.17. The summed E-state index contributed by atoms with van der Waals surface area (Å²) in [5.41, 5.74) is 2.78. The molecule has 0 aliphatic heterocycles. The van der Waals surface area contributed by atoms with Gasteiger partial charge in [0.05, 0.1) is 6.54 Å². The second-order valence-corrected chi connectivity index (χ2v) is 6.51. The molecular weight excluding hydrogens is 362 g/mol. The van der Waals surface area contributed by atoms with E-state index in [-0.39, 0.29) is 19.0 Å². The first-order chi connectivity index (χ1) is 13.1. The SMILES string of the molecule is Cc1ccc(-c2n[nH]c(=S)n2CC(=O)NCc2nnc3ccccn23)cc1. The summed E-state index contributed by atoms with van der Waals surface area (Å²) in [5, 5.41) is 18.1. The first kappa shape index (κ1) is 17.1. The van der Waals surface area contributed by atoms with Crippen LogP contribution in [0.15, 0.2) is 48.7 Å². The van der Waals surface area contributed by atoms with E-state index in [4.69, 9.17) is 12.2 Å². The maximum Gasteiger partial charge on any atom is 0.240 e. The molecule has 0 unspecified atom stereocenters. The fourth-order valence-electron chi connectivity index (χ4n) is 2.78. The van der Waals surface area contributed by atoms with Gasteiger partial charge in [0.15, 0.2) is 22.1 Å². The van der Waals surface area contributed by atoms with Gasteiger partial charge < -0.3 is 5.32 Å². The van der Waals surface area contributed by atoms with Gasteiger partial charge in [0.2, 0.25) is 5.91 Å². The van der Waals surface area contributed by atoms with E-state index in [0.717, 1.165) is 16.8 Å². The van der Waals surface area contributed by atoms with Crippen LogP contribution in [0.25, 0.3) is 17.0 Å². The molecule has 0 bridgehead atoms. The second-order valence-electron chi connectivity index (χ2n) is 6.13. The van der Waals surface area contributed by atoms with E-state index >= 15 is 0 Å². The molecule has 1 amide bonds. The number of pyridine rings is 1. The first-order valence-corrected chi connectivity index (χ1v) is 8.80. The number of benzene rings is 1. The molecule has 0 radical (unpaired) electrons. The summed E-state index contributed by atoms with van der Waals surface area (Å²) in [4.78, 5) is 12.5. The molecule has 3 heterocycles. The van der Waals surface area contributed by atoms with Gasteiger partial charge in [-0.15, -0.1) is 10.2 Å². The molecule has 0 saturated heterocycles. The standard InChI is InChI=1S/C18H17N7OS/c1-12-5-7-13(8-6-12)17-22-23-18(27)25(17)11-16(26)19-10-15-21-20-14-4-2-3-9-24(14)15/h2-9H,10-11H2,1H3,(H,19,26)(H,23,27). The average molecular weight is 379 g/mol. The quantitative estimate of drug-likeness (QED) is 0.519. The van der Waals surface area contributed by atoms with Crippen LogP contribution in [0.2, 0.25) is 0 Å². The lowest BCUT2D eigenvalue weighted by Crippen LogP contribution is -2.28. The number of hydrogen-bond donors (Lipinski definition) is 2. The van der Waals surface area contributed by atoms with Crippen molar-refractivity contribution in [2.45, 2.75) is 20.0 Å². The van der Waals surface area contributed by atoms with Gasteiger partial charge in [0, 0.05) is 11.8 Å². The molecule has 0 aliphatic rings. The monoisotopic (exact) mass is 379 g/mol. The Kier molecular flexibility index (Phi) is 4.51. The van der Waals surface area contributed by atoms with E-state index in [0.29, 0.717) is 16.4 Å². The fourth-order valence-corrected chi connectivity index (χ4v) is 2.97. The lowest BCUT2D eigenvalue weighted by Gasteiger charge is -2.08. The molecule has 4 aromatic rings. The minimum Gasteiger partial charge on any atom is -0.347 e. The molecular formula is C18H17N7OS. The molecule has 0 atom stereocenters. The van der Waals surface area contributed by atoms with Gasteiger partial charge >= 0.3 is 0 Å². The van der Waals surface area contributed by atoms with Crippen molar-refractivity contribution < 1.29 is 4.79 Å². The minimum absolute atomic E-state index is 0.0648. The van der Waals surface area contributed by atoms with E-state index in [1.807, 2.05) is 60.0 Å². The number of H-pyrrole nitrogens is 1. The Balaban J connectivity index is 1.49. The molecule has 0 saturated carbocycles. The van der Waals surface area contributed by atoms with Gasteiger partial charge in [-0.1, -0.05) is 35.9 Å². The molecule has 27 heavy (non-hydrogen) atoms. The van der Waals surface area contributed by atoms with E-state index in [9.17, 15) is 4.79 Å². The van der Waals surface area contributed by atoms with Gasteiger partial charge in [-0.3, -0.25) is 18.9 Å². The first-order valence-electron chi connectivity index (χ1n) is 8.39. The van der Waals surface area contributed by atoms with E-state index < -0.39 is 0 Å². The number of rotatable bonds is 5. The molecule has 0 fully saturated rings. The van der Waals surface area contributed by atoms with Gasteiger partial charge in [0.25, 0.3) is 0 Å². The summed E-state index contributed by atoms with van der Waals surface area (Å²) in [5.74, 6) is 1.10. The minimum atomic E-state index is -0.187. The number of fused-ring (bicyclic) bond motifs is 1. The Bertz CT molecular complexity index is 1160.